The first-order valence-corrected chi connectivity index (χ1v) is 10.3. The number of halogens is 3. The first kappa shape index (κ1) is 20.1. The molecular weight excluding hydrogens is 383 g/mol. The molecule has 4 heterocycles. The molecule has 0 N–H and O–H groups in total. The topological polar surface area (TPSA) is 54.3 Å². The second-order valence-corrected chi connectivity index (χ2v) is 8.01. The third-order valence-corrected chi connectivity index (χ3v) is 5.70. The lowest BCUT2D eigenvalue weighted by molar-refractivity contribution is -0.145. The Bertz CT molecular complexity index is 908. The van der Waals surface area contributed by atoms with Crippen molar-refractivity contribution in [3.05, 3.63) is 23.1 Å². The summed E-state index contributed by atoms with van der Waals surface area (Å²) in [6.07, 6.45) is 0.478. The van der Waals surface area contributed by atoms with Crippen molar-refractivity contribution in [2.75, 3.05) is 32.7 Å². The van der Waals surface area contributed by atoms with Gasteiger partial charge in [-0.3, -0.25) is 9.69 Å². The number of amides is 1. The fraction of sp³-hybridized carbons (Fsp3) is 0.650. The summed E-state index contributed by atoms with van der Waals surface area (Å²) in [7, 11) is 0. The summed E-state index contributed by atoms with van der Waals surface area (Å²) in [6, 6.07) is 1.76. The zero-order valence-electron chi connectivity index (χ0n) is 16.6. The van der Waals surface area contributed by atoms with E-state index in [0.717, 1.165) is 49.4 Å². The highest BCUT2D eigenvalue weighted by molar-refractivity contribution is 6.04. The van der Waals surface area contributed by atoms with Gasteiger partial charge in [0, 0.05) is 44.8 Å². The SMILES string of the molecule is Cc1cc(C(=O)N2CCCN(CC(F)(F)F)CC2)c2nc3n(c2n1)CCCCC3. The van der Waals surface area contributed by atoms with Crippen LogP contribution in [0.1, 0.15) is 47.6 Å². The Balaban J connectivity index is 1.60. The van der Waals surface area contributed by atoms with Crippen molar-refractivity contribution in [2.45, 2.75) is 51.7 Å². The normalized spacial score (nSPS) is 19.1. The van der Waals surface area contributed by atoms with Gasteiger partial charge < -0.3 is 9.47 Å². The maximum atomic E-state index is 13.3. The molecule has 0 aliphatic carbocycles. The average molecular weight is 409 g/mol. The van der Waals surface area contributed by atoms with Gasteiger partial charge >= 0.3 is 6.18 Å². The van der Waals surface area contributed by atoms with Gasteiger partial charge in [0.25, 0.3) is 5.91 Å². The third-order valence-electron chi connectivity index (χ3n) is 5.70. The number of hydrogen-bond acceptors (Lipinski definition) is 4. The van der Waals surface area contributed by atoms with E-state index in [0.29, 0.717) is 30.6 Å². The molecule has 2 aromatic heterocycles. The number of imidazole rings is 1. The first-order chi connectivity index (χ1) is 13.8. The van der Waals surface area contributed by atoms with E-state index in [9.17, 15) is 18.0 Å². The van der Waals surface area contributed by atoms with Gasteiger partial charge in [-0.25, -0.2) is 9.97 Å². The Morgan fingerprint density at radius 3 is 2.66 bits per heavy atom. The minimum Gasteiger partial charge on any atom is -0.337 e. The molecule has 0 saturated carbocycles. The predicted molar refractivity (Wildman–Crippen MR) is 103 cm³/mol. The van der Waals surface area contributed by atoms with E-state index in [4.69, 9.17) is 4.98 Å². The van der Waals surface area contributed by atoms with Gasteiger partial charge in [-0.2, -0.15) is 13.2 Å². The molecule has 0 atom stereocenters. The van der Waals surface area contributed by atoms with Gasteiger partial charge in [-0.1, -0.05) is 6.42 Å². The fourth-order valence-electron chi connectivity index (χ4n) is 4.33. The number of fused-ring (bicyclic) bond motifs is 3. The molecular formula is C20H26F3N5O. The minimum absolute atomic E-state index is 0.164. The summed E-state index contributed by atoms with van der Waals surface area (Å²) in [5.41, 5.74) is 2.63. The average Bonchev–Trinajstić information content (AvgIpc) is 2.84. The number of rotatable bonds is 2. The molecule has 0 bridgehead atoms. The van der Waals surface area contributed by atoms with Crippen LogP contribution in [0.4, 0.5) is 13.2 Å². The maximum Gasteiger partial charge on any atom is 0.401 e. The van der Waals surface area contributed by atoms with Gasteiger partial charge in [0.1, 0.15) is 11.3 Å². The van der Waals surface area contributed by atoms with Gasteiger partial charge in [0.2, 0.25) is 0 Å². The van der Waals surface area contributed by atoms with Crippen LogP contribution in [0.5, 0.6) is 0 Å². The quantitative estimate of drug-likeness (QED) is 0.765. The van der Waals surface area contributed by atoms with Crippen molar-refractivity contribution < 1.29 is 18.0 Å². The number of carbonyl (C=O) groups excluding carboxylic acids is 1. The molecule has 1 fully saturated rings. The molecule has 158 valence electrons. The lowest BCUT2D eigenvalue weighted by Crippen LogP contribution is -2.38. The van der Waals surface area contributed by atoms with Crippen LogP contribution in [0, 0.1) is 6.92 Å². The van der Waals surface area contributed by atoms with Crippen molar-refractivity contribution in [1.29, 1.82) is 0 Å². The minimum atomic E-state index is -4.22. The molecule has 2 aliphatic rings. The Morgan fingerprint density at radius 1 is 1.03 bits per heavy atom. The van der Waals surface area contributed by atoms with Gasteiger partial charge in [-0.15, -0.1) is 0 Å². The Kier molecular flexibility index (Phi) is 5.50. The predicted octanol–water partition coefficient (Wildman–Crippen LogP) is 3.18. The molecule has 2 aromatic rings. The van der Waals surface area contributed by atoms with Crippen molar-refractivity contribution >= 4 is 17.1 Å². The highest BCUT2D eigenvalue weighted by Crippen LogP contribution is 2.25. The lowest BCUT2D eigenvalue weighted by Gasteiger charge is -2.23. The Hall–Kier alpha value is -2.16. The number of carbonyl (C=O) groups is 1. The molecule has 2 aliphatic heterocycles. The van der Waals surface area contributed by atoms with Crippen LogP contribution in [0.2, 0.25) is 0 Å². The first-order valence-electron chi connectivity index (χ1n) is 10.3. The number of alkyl halides is 3. The molecule has 1 amide bonds. The van der Waals surface area contributed by atoms with Crippen molar-refractivity contribution in [3.8, 4) is 0 Å². The Morgan fingerprint density at radius 2 is 1.86 bits per heavy atom. The molecule has 6 nitrogen and oxygen atoms in total. The van der Waals surface area contributed by atoms with Crippen LogP contribution in [0.25, 0.3) is 11.2 Å². The van der Waals surface area contributed by atoms with Crippen LogP contribution < -0.4 is 0 Å². The molecule has 0 spiro atoms. The van der Waals surface area contributed by atoms with E-state index in [-0.39, 0.29) is 19.0 Å². The highest BCUT2D eigenvalue weighted by atomic mass is 19.4. The van der Waals surface area contributed by atoms with Gasteiger partial charge in [0.15, 0.2) is 5.65 Å². The largest absolute Gasteiger partial charge is 0.401 e. The number of aryl methyl sites for hydroxylation is 3. The number of nitrogens with zero attached hydrogens (tertiary/aromatic N) is 5. The van der Waals surface area contributed by atoms with E-state index in [1.54, 1.807) is 11.0 Å². The third kappa shape index (κ3) is 4.39. The van der Waals surface area contributed by atoms with E-state index >= 15 is 0 Å². The van der Waals surface area contributed by atoms with Crippen molar-refractivity contribution in [1.82, 2.24) is 24.3 Å². The number of aromatic nitrogens is 3. The Labute approximate surface area is 167 Å². The molecule has 1 saturated heterocycles. The van der Waals surface area contributed by atoms with E-state index in [2.05, 4.69) is 9.55 Å². The summed E-state index contributed by atoms with van der Waals surface area (Å²) in [6.45, 7) is 3.08. The molecule has 0 radical (unpaired) electrons. The second-order valence-electron chi connectivity index (χ2n) is 8.01. The number of hydrogen-bond donors (Lipinski definition) is 0. The standard InChI is InChI=1S/C20H26F3N5O/c1-14-12-15(17-18(24-14)28-9-4-2-3-6-16(28)25-17)19(29)27-8-5-7-26(10-11-27)13-20(21,22)23/h12H,2-11,13H2,1H3. The van der Waals surface area contributed by atoms with Crippen LogP contribution in [-0.2, 0) is 13.0 Å². The van der Waals surface area contributed by atoms with Gasteiger partial charge in [0.05, 0.1) is 12.1 Å². The molecule has 0 unspecified atom stereocenters. The fourth-order valence-corrected chi connectivity index (χ4v) is 4.33. The summed E-state index contributed by atoms with van der Waals surface area (Å²) < 4.78 is 40.3. The van der Waals surface area contributed by atoms with Crippen LogP contribution in [-0.4, -0.2) is 69.1 Å². The zero-order chi connectivity index (χ0) is 20.6. The molecule has 4 rings (SSSR count). The molecule has 9 heteroatoms. The lowest BCUT2D eigenvalue weighted by atomic mass is 10.1. The van der Waals surface area contributed by atoms with E-state index in [1.807, 2.05) is 6.92 Å². The summed E-state index contributed by atoms with van der Waals surface area (Å²) >= 11 is 0. The van der Waals surface area contributed by atoms with E-state index in [1.165, 1.54) is 4.90 Å². The monoisotopic (exact) mass is 409 g/mol. The number of pyridine rings is 1. The van der Waals surface area contributed by atoms with Crippen LogP contribution in [0.15, 0.2) is 6.07 Å². The smallest absolute Gasteiger partial charge is 0.337 e. The molecule has 29 heavy (non-hydrogen) atoms. The highest BCUT2D eigenvalue weighted by Gasteiger charge is 2.32. The second kappa shape index (κ2) is 7.93. The van der Waals surface area contributed by atoms with Crippen molar-refractivity contribution in [2.24, 2.45) is 0 Å². The maximum absolute atomic E-state index is 13.3. The summed E-state index contributed by atoms with van der Waals surface area (Å²) in [5.74, 6) is 0.805. The van der Waals surface area contributed by atoms with E-state index < -0.39 is 12.7 Å². The summed E-state index contributed by atoms with van der Waals surface area (Å²) in [5, 5.41) is 0. The van der Waals surface area contributed by atoms with Crippen molar-refractivity contribution in [3.63, 3.8) is 0 Å². The summed E-state index contributed by atoms with van der Waals surface area (Å²) in [4.78, 5) is 25.7. The zero-order valence-corrected chi connectivity index (χ0v) is 16.6. The van der Waals surface area contributed by atoms with Gasteiger partial charge in [-0.05, 0) is 32.3 Å². The molecule has 0 aromatic carbocycles. The van der Waals surface area contributed by atoms with Crippen LogP contribution >= 0.6 is 0 Å². The van der Waals surface area contributed by atoms with Crippen LogP contribution in [0.3, 0.4) is 0 Å².